The molecule has 1 aromatic carbocycles. The Kier molecular flexibility index (Phi) is 5.42. The van der Waals surface area contributed by atoms with Crippen molar-refractivity contribution in [2.45, 2.75) is 19.4 Å². The number of nitrogens with two attached hydrogens (primary N) is 1. The average Bonchev–Trinajstić information content (AvgIpc) is 2.35. The molecule has 2 N–H and O–H groups in total. The zero-order valence-corrected chi connectivity index (χ0v) is 9.74. The van der Waals surface area contributed by atoms with Crippen LogP contribution >= 0.6 is 0 Å². The molecule has 0 aliphatic rings. The summed E-state index contributed by atoms with van der Waals surface area (Å²) in [6.07, 6.45) is 0.851. The lowest BCUT2D eigenvalue weighted by Gasteiger charge is -2.10. The lowest BCUT2D eigenvalue weighted by molar-refractivity contribution is -0.140. The quantitative estimate of drug-likeness (QED) is 0.607. The molecule has 0 aromatic heterocycles. The van der Waals surface area contributed by atoms with E-state index in [0.717, 1.165) is 0 Å². The van der Waals surface area contributed by atoms with Crippen LogP contribution in [-0.2, 0) is 16.1 Å². The highest BCUT2D eigenvalue weighted by Gasteiger charge is 2.05. The lowest BCUT2D eigenvalue weighted by atomic mass is 10.2. The molecular formula is C12H16FNO3. The van der Waals surface area contributed by atoms with Crippen molar-refractivity contribution in [1.82, 2.24) is 0 Å². The minimum absolute atomic E-state index is 0.212. The topological polar surface area (TPSA) is 61.5 Å². The number of benzene rings is 1. The molecule has 0 amide bonds. The zero-order valence-electron chi connectivity index (χ0n) is 9.74. The molecule has 0 saturated heterocycles. The molecule has 4 nitrogen and oxygen atoms in total. The van der Waals surface area contributed by atoms with Gasteiger partial charge >= 0.3 is 5.97 Å². The molecule has 94 valence electrons. The van der Waals surface area contributed by atoms with Gasteiger partial charge in [0.25, 0.3) is 0 Å². The summed E-state index contributed by atoms with van der Waals surface area (Å²) in [4.78, 5) is 10.8. The second-order valence-electron chi connectivity index (χ2n) is 3.48. The van der Waals surface area contributed by atoms with Crippen LogP contribution in [-0.4, -0.2) is 19.7 Å². The molecule has 1 aromatic rings. The fraction of sp³-hybridized carbons (Fsp3) is 0.417. The number of carbonyl (C=O) groups excluding carboxylic acids is 1. The summed E-state index contributed by atoms with van der Waals surface area (Å²) in [7, 11) is 1.34. The summed E-state index contributed by atoms with van der Waals surface area (Å²) < 4.78 is 22.8. The van der Waals surface area contributed by atoms with Crippen LogP contribution in [0.2, 0.25) is 0 Å². The Morgan fingerprint density at radius 2 is 2.24 bits per heavy atom. The van der Waals surface area contributed by atoms with Gasteiger partial charge in [0, 0.05) is 18.5 Å². The average molecular weight is 241 g/mol. The third-order valence-corrected chi connectivity index (χ3v) is 2.25. The fourth-order valence-electron chi connectivity index (χ4n) is 1.35. The van der Waals surface area contributed by atoms with Crippen LogP contribution in [0.5, 0.6) is 5.75 Å². The molecule has 0 spiro atoms. The lowest BCUT2D eigenvalue weighted by Crippen LogP contribution is -2.07. The summed E-state index contributed by atoms with van der Waals surface area (Å²) in [6.45, 7) is 0.581. The Balaban J connectivity index is 2.43. The molecule has 0 fully saturated rings. The Bertz CT molecular complexity index is 382. The number of hydrogen-bond acceptors (Lipinski definition) is 4. The molecule has 0 bridgehead atoms. The zero-order chi connectivity index (χ0) is 12.7. The molecule has 0 heterocycles. The third kappa shape index (κ3) is 4.40. The first kappa shape index (κ1) is 13.4. The van der Waals surface area contributed by atoms with Crippen molar-refractivity contribution in [3.63, 3.8) is 0 Å². The monoisotopic (exact) mass is 241 g/mol. The van der Waals surface area contributed by atoms with Gasteiger partial charge in [0.2, 0.25) is 0 Å². The van der Waals surface area contributed by atoms with Crippen molar-refractivity contribution in [2.24, 2.45) is 5.73 Å². The molecule has 0 unspecified atom stereocenters. The Morgan fingerprint density at radius 1 is 1.47 bits per heavy atom. The highest BCUT2D eigenvalue weighted by Crippen LogP contribution is 2.19. The van der Waals surface area contributed by atoms with Gasteiger partial charge in [-0.05, 0) is 24.6 Å². The number of ether oxygens (including phenoxy) is 2. The summed E-state index contributed by atoms with van der Waals surface area (Å²) in [5, 5.41) is 0. The predicted molar refractivity (Wildman–Crippen MR) is 61.0 cm³/mol. The van der Waals surface area contributed by atoms with Crippen LogP contribution in [0.1, 0.15) is 18.4 Å². The van der Waals surface area contributed by atoms with Crippen LogP contribution in [0.4, 0.5) is 4.39 Å². The van der Waals surface area contributed by atoms with E-state index in [1.807, 2.05) is 0 Å². The van der Waals surface area contributed by atoms with E-state index in [0.29, 0.717) is 30.8 Å². The van der Waals surface area contributed by atoms with Crippen molar-refractivity contribution in [2.75, 3.05) is 13.7 Å². The van der Waals surface area contributed by atoms with E-state index in [1.165, 1.54) is 25.3 Å². The van der Waals surface area contributed by atoms with Crippen molar-refractivity contribution >= 4 is 5.97 Å². The number of halogens is 1. The summed E-state index contributed by atoms with van der Waals surface area (Å²) >= 11 is 0. The van der Waals surface area contributed by atoms with Crippen molar-refractivity contribution in [3.8, 4) is 5.75 Å². The molecule has 0 atom stereocenters. The maximum absolute atomic E-state index is 12.9. The van der Waals surface area contributed by atoms with E-state index in [1.54, 1.807) is 0 Å². The van der Waals surface area contributed by atoms with Gasteiger partial charge in [-0.3, -0.25) is 4.79 Å². The first-order valence-corrected chi connectivity index (χ1v) is 5.35. The standard InChI is InChI=1S/C12H16FNO3/c1-16-12(15)3-2-6-17-11-5-4-10(13)7-9(11)8-14/h4-5,7H,2-3,6,8,14H2,1H3. The number of methoxy groups -OCH3 is 1. The maximum Gasteiger partial charge on any atom is 0.305 e. The van der Waals surface area contributed by atoms with E-state index >= 15 is 0 Å². The van der Waals surface area contributed by atoms with E-state index in [2.05, 4.69) is 4.74 Å². The molecule has 17 heavy (non-hydrogen) atoms. The van der Waals surface area contributed by atoms with Gasteiger partial charge in [-0.15, -0.1) is 0 Å². The molecule has 1 rings (SSSR count). The highest BCUT2D eigenvalue weighted by atomic mass is 19.1. The van der Waals surface area contributed by atoms with Gasteiger partial charge in [0.15, 0.2) is 0 Å². The number of carbonyl (C=O) groups is 1. The SMILES string of the molecule is COC(=O)CCCOc1ccc(F)cc1CN. The van der Waals surface area contributed by atoms with Crippen molar-refractivity contribution in [1.29, 1.82) is 0 Å². The summed E-state index contributed by atoms with van der Waals surface area (Å²) in [6, 6.07) is 4.19. The van der Waals surface area contributed by atoms with Gasteiger partial charge in [-0.25, -0.2) is 4.39 Å². The van der Waals surface area contributed by atoms with Gasteiger partial charge in [0.05, 0.1) is 13.7 Å². The smallest absolute Gasteiger partial charge is 0.305 e. The fourth-order valence-corrected chi connectivity index (χ4v) is 1.35. The molecule has 5 heteroatoms. The largest absolute Gasteiger partial charge is 0.493 e. The van der Waals surface area contributed by atoms with Gasteiger partial charge < -0.3 is 15.2 Å². The first-order chi connectivity index (χ1) is 8.17. The maximum atomic E-state index is 12.9. The normalized spacial score (nSPS) is 10.1. The molecule has 0 aliphatic heterocycles. The minimum Gasteiger partial charge on any atom is -0.493 e. The number of rotatable bonds is 6. The second kappa shape index (κ2) is 6.85. The van der Waals surface area contributed by atoms with Crippen LogP contribution in [0, 0.1) is 5.82 Å². The van der Waals surface area contributed by atoms with Gasteiger partial charge in [0.1, 0.15) is 11.6 Å². The third-order valence-electron chi connectivity index (χ3n) is 2.25. The molecule has 0 aliphatic carbocycles. The van der Waals surface area contributed by atoms with Crippen molar-refractivity contribution < 1.29 is 18.7 Å². The van der Waals surface area contributed by atoms with Crippen LogP contribution in [0.15, 0.2) is 18.2 Å². The van der Waals surface area contributed by atoms with Crippen LogP contribution < -0.4 is 10.5 Å². The molecule has 0 radical (unpaired) electrons. The molecule has 0 saturated carbocycles. The number of hydrogen-bond donors (Lipinski definition) is 1. The van der Waals surface area contributed by atoms with E-state index < -0.39 is 0 Å². The molecular weight excluding hydrogens is 225 g/mol. The van der Waals surface area contributed by atoms with Crippen LogP contribution in [0.25, 0.3) is 0 Å². The first-order valence-electron chi connectivity index (χ1n) is 5.35. The summed E-state index contributed by atoms with van der Waals surface area (Å²) in [5.41, 5.74) is 6.09. The second-order valence-corrected chi connectivity index (χ2v) is 3.48. The predicted octanol–water partition coefficient (Wildman–Crippen LogP) is 1.62. The van der Waals surface area contributed by atoms with Gasteiger partial charge in [-0.1, -0.05) is 0 Å². The van der Waals surface area contributed by atoms with Crippen LogP contribution in [0.3, 0.4) is 0 Å². The van der Waals surface area contributed by atoms with E-state index in [-0.39, 0.29) is 18.3 Å². The van der Waals surface area contributed by atoms with Crippen molar-refractivity contribution in [3.05, 3.63) is 29.6 Å². The summed E-state index contributed by atoms with van der Waals surface area (Å²) in [5.74, 6) is -0.0575. The Labute approximate surface area is 99.5 Å². The Hall–Kier alpha value is -1.62. The van der Waals surface area contributed by atoms with E-state index in [4.69, 9.17) is 10.5 Å². The van der Waals surface area contributed by atoms with Gasteiger partial charge in [-0.2, -0.15) is 0 Å². The van der Waals surface area contributed by atoms with E-state index in [9.17, 15) is 9.18 Å². The highest BCUT2D eigenvalue weighted by molar-refractivity contribution is 5.69. The Morgan fingerprint density at radius 3 is 2.88 bits per heavy atom. The minimum atomic E-state index is -0.340. The number of esters is 1.